The van der Waals surface area contributed by atoms with Crippen LogP contribution in [0, 0.1) is 0 Å². The standard InChI is InChI=1S/C14H23N5O/c1-3-12-17-13(16-2)8-14(18-12)19(9-11(15)20)10-6-4-5-7-10/h8,10H,3-7,9H2,1-2H3,(H2,15,20)(H,16,17,18). The molecule has 0 bridgehead atoms. The van der Waals surface area contributed by atoms with Crippen molar-refractivity contribution < 1.29 is 4.79 Å². The molecule has 0 aromatic carbocycles. The zero-order valence-corrected chi connectivity index (χ0v) is 12.2. The van der Waals surface area contributed by atoms with Gasteiger partial charge in [0.25, 0.3) is 0 Å². The number of aromatic nitrogens is 2. The predicted octanol–water partition coefficient (Wildman–Crippen LogP) is 1.31. The predicted molar refractivity (Wildman–Crippen MR) is 79.8 cm³/mol. The highest BCUT2D eigenvalue weighted by atomic mass is 16.1. The van der Waals surface area contributed by atoms with Crippen LogP contribution in [0.25, 0.3) is 0 Å². The van der Waals surface area contributed by atoms with E-state index in [1.165, 1.54) is 12.8 Å². The van der Waals surface area contributed by atoms with E-state index in [4.69, 9.17) is 5.73 Å². The molecule has 1 fully saturated rings. The highest BCUT2D eigenvalue weighted by Crippen LogP contribution is 2.28. The van der Waals surface area contributed by atoms with E-state index in [9.17, 15) is 4.79 Å². The van der Waals surface area contributed by atoms with Crippen LogP contribution in [0.15, 0.2) is 6.07 Å². The summed E-state index contributed by atoms with van der Waals surface area (Å²) in [5.41, 5.74) is 5.40. The molecular formula is C14H23N5O. The van der Waals surface area contributed by atoms with Crippen LogP contribution < -0.4 is 16.0 Å². The largest absolute Gasteiger partial charge is 0.373 e. The fraction of sp³-hybridized carbons (Fsp3) is 0.643. The van der Waals surface area contributed by atoms with Crippen LogP contribution in [0.5, 0.6) is 0 Å². The molecule has 0 atom stereocenters. The molecule has 3 N–H and O–H groups in total. The molecular weight excluding hydrogens is 254 g/mol. The number of carbonyl (C=O) groups is 1. The number of carbonyl (C=O) groups excluding carboxylic acids is 1. The van der Waals surface area contributed by atoms with Gasteiger partial charge in [-0.2, -0.15) is 0 Å². The van der Waals surface area contributed by atoms with Gasteiger partial charge in [0.15, 0.2) is 0 Å². The van der Waals surface area contributed by atoms with Crippen molar-refractivity contribution >= 4 is 17.5 Å². The van der Waals surface area contributed by atoms with Crippen molar-refractivity contribution in [1.82, 2.24) is 9.97 Å². The Morgan fingerprint density at radius 2 is 2.15 bits per heavy atom. The van der Waals surface area contributed by atoms with Gasteiger partial charge in [0.1, 0.15) is 17.5 Å². The Morgan fingerprint density at radius 1 is 1.45 bits per heavy atom. The number of primary amides is 1. The summed E-state index contributed by atoms with van der Waals surface area (Å²) in [7, 11) is 1.83. The molecule has 0 aliphatic heterocycles. The van der Waals surface area contributed by atoms with E-state index in [0.717, 1.165) is 36.7 Å². The van der Waals surface area contributed by atoms with Gasteiger partial charge in [-0.05, 0) is 12.8 Å². The highest BCUT2D eigenvalue weighted by molar-refractivity contribution is 5.79. The molecule has 2 rings (SSSR count). The van der Waals surface area contributed by atoms with Gasteiger partial charge in [-0.3, -0.25) is 4.79 Å². The highest BCUT2D eigenvalue weighted by Gasteiger charge is 2.25. The van der Waals surface area contributed by atoms with E-state index in [1.54, 1.807) is 0 Å². The topological polar surface area (TPSA) is 84.1 Å². The second-order valence-corrected chi connectivity index (χ2v) is 5.16. The van der Waals surface area contributed by atoms with Crippen LogP contribution in [-0.2, 0) is 11.2 Å². The number of nitrogens with two attached hydrogens (primary N) is 1. The quantitative estimate of drug-likeness (QED) is 0.819. The number of nitrogens with one attached hydrogen (secondary N) is 1. The van der Waals surface area contributed by atoms with Crippen molar-refractivity contribution in [3.8, 4) is 0 Å². The molecule has 1 aliphatic carbocycles. The summed E-state index contributed by atoms with van der Waals surface area (Å²) in [6.07, 6.45) is 5.34. The van der Waals surface area contributed by atoms with Crippen LogP contribution in [-0.4, -0.2) is 35.5 Å². The van der Waals surface area contributed by atoms with Crippen molar-refractivity contribution in [2.45, 2.75) is 45.1 Å². The van der Waals surface area contributed by atoms with Crippen LogP contribution >= 0.6 is 0 Å². The lowest BCUT2D eigenvalue weighted by atomic mass is 10.2. The van der Waals surface area contributed by atoms with E-state index in [-0.39, 0.29) is 12.5 Å². The van der Waals surface area contributed by atoms with E-state index < -0.39 is 0 Å². The second kappa shape index (κ2) is 6.54. The summed E-state index contributed by atoms with van der Waals surface area (Å²) >= 11 is 0. The molecule has 1 saturated carbocycles. The van der Waals surface area contributed by atoms with Gasteiger partial charge in [-0.25, -0.2) is 9.97 Å². The van der Waals surface area contributed by atoms with Crippen molar-refractivity contribution in [2.75, 3.05) is 23.8 Å². The summed E-state index contributed by atoms with van der Waals surface area (Å²) in [6, 6.07) is 2.24. The average Bonchev–Trinajstić information content (AvgIpc) is 2.97. The average molecular weight is 277 g/mol. The zero-order chi connectivity index (χ0) is 14.5. The third-order valence-corrected chi connectivity index (χ3v) is 3.72. The summed E-state index contributed by atoms with van der Waals surface area (Å²) in [5, 5.41) is 3.05. The summed E-state index contributed by atoms with van der Waals surface area (Å²) in [6.45, 7) is 2.24. The van der Waals surface area contributed by atoms with Crippen molar-refractivity contribution in [2.24, 2.45) is 5.73 Å². The Labute approximate surface area is 119 Å². The van der Waals surface area contributed by atoms with Gasteiger partial charge in [0.2, 0.25) is 5.91 Å². The van der Waals surface area contributed by atoms with Gasteiger partial charge < -0.3 is 16.0 Å². The minimum absolute atomic E-state index is 0.216. The Balaban J connectivity index is 2.33. The maximum absolute atomic E-state index is 11.4. The van der Waals surface area contributed by atoms with Crippen LogP contribution in [0.2, 0.25) is 0 Å². The maximum Gasteiger partial charge on any atom is 0.237 e. The number of hydrogen-bond donors (Lipinski definition) is 2. The lowest BCUT2D eigenvalue weighted by molar-refractivity contribution is -0.116. The van der Waals surface area contributed by atoms with E-state index >= 15 is 0 Å². The lowest BCUT2D eigenvalue weighted by Gasteiger charge is -2.29. The van der Waals surface area contributed by atoms with Crippen molar-refractivity contribution in [3.05, 3.63) is 11.9 Å². The molecule has 0 spiro atoms. The minimum atomic E-state index is -0.320. The first-order valence-electron chi connectivity index (χ1n) is 7.24. The molecule has 1 aliphatic rings. The summed E-state index contributed by atoms with van der Waals surface area (Å²) in [5.74, 6) is 2.03. The Bertz CT molecular complexity index is 448. The number of aryl methyl sites for hydroxylation is 1. The maximum atomic E-state index is 11.4. The summed E-state index contributed by atoms with van der Waals surface area (Å²) < 4.78 is 0. The Kier molecular flexibility index (Phi) is 4.76. The second-order valence-electron chi connectivity index (χ2n) is 5.16. The van der Waals surface area contributed by atoms with E-state index in [0.29, 0.717) is 6.04 Å². The first kappa shape index (κ1) is 14.6. The first-order valence-corrected chi connectivity index (χ1v) is 7.24. The number of anilines is 2. The van der Waals surface area contributed by atoms with Crippen molar-refractivity contribution in [1.29, 1.82) is 0 Å². The Hall–Kier alpha value is -1.85. The molecule has 1 aromatic rings. The van der Waals surface area contributed by atoms with Gasteiger partial charge in [-0.1, -0.05) is 19.8 Å². The smallest absolute Gasteiger partial charge is 0.237 e. The third kappa shape index (κ3) is 3.37. The molecule has 1 aromatic heterocycles. The number of nitrogens with zero attached hydrogens (tertiary/aromatic N) is 3. The first-order chi connectivity index (χ1) is 9.63. The van der Waals surface area contributed by atoms with E-state index in [2.05, 4.69) is 15.3 Å². The normalized spacial score (nSPS) is 15.3. The number of hydrogen-bond acceptors (Lipinski definition) is 5. The van der Waals surface area contributed by atoms with Crippen LogP contribution in [0.3, 0.4) is 0 Å². The minimum Gasteiger partial charge on any atom is -0.373 e. The van der Waals surface area contributed by atoms with Gasteiger partial charge in [0, 0.05) is 25.6 Å². The summed E-state index contributed by atoms with van der Waals surface area (Å²) in [4.78, 5) is 22.4. The molecule has 0 unspecified atom stereocenters. The molecule has 0 radical (unpaired) electrons. The number of amides is 1. The lowest BCUT2D eigenvalue weighted by Crippen LogP contribution is -2.41. The van der Waals surface area contributed by atoms with Gasteiger partial charge >= 0.3 is 0 Å². The van der Waals surface area contributed by atoms with Gasteiger partial charge in [0.05, 0.1) is 6.54 Å². The van der Waals surface area contributed by atoms with Gasteiger partial charge in [-0.15, -0.1) is 0 Å². The fourth-order valence-corrected chi connectivity index (χ4v) is 2.70. The van der Waals surface area contributed by atoms with E-state index in [1.807, 2.05) is 24.9 Å². The molecule has 1 amide bonds. The zero-order valence-electron chi connectivity index (χ0n) is 12.2. The molecule has 6 nitrogen and oxygen atoms in total. The molecule has 0 saturated heterocycles. The van der Waals surface area contributed by atoms with Crippen LogP contribution in [0.1, 0.15) is 38.4 Å². The molecule has 6 heteroatoms. The van der Waals surface area contributed by atoms with Crippen molar-refractivity contribution in [3.63, 3.8) is 0 Å². The Morgan fingerprint density at radius 3 is 2.70 bits per heavy atom. The fourth-order valence-electron chi connectivity index (χ4n) is 2.70. The third-order valence-electron chi connectivity index (χ3n) is 3.72. The number of rotatable bonds is 6. The molecule has 110 valence electrons. The SMILES string of the molecule is CCc1nc(NC)cc(N(CC(N)=O)C2CCCC2)n1. The monoisotopic (exact) mass is 277 g/mol. The molecule has 20 heavy (non-hydrogen) atoms. The van der Waals surface area contributed by atoms with Crippen LogP contribution in [0.4, 0.5) is 11.6 Å². The molecule has 1 heterocycles.